The molecular weight excluding hydrogens is 565 g/mol. The first-order chi connectivity index (χ1) is 20.6. The third kappa shape index (κ3) is 12.4. The highest BCUT2D eigenvalue weighted by molar-refractivity contribution is 8.17. The largest absolute Gasteiger partial charge is 0.466 e. The number of carbonyl (C=O) groups excluding carboxylic acids is 1. The molecule has 5 nitrogen and oxygen atoms in total. The third-order valence-corrected chi connectivity index (χ3v) is 9.67. The molecule has 0 bridgehead atoms. The average Bonchev–Trinajstić information content (AvgIpc) is 3.04. The predicted molar refractivity (Wildman–Crippen MR) is 175 cm³/mol. The molecule has 226 valence electrons. The molecule has 0 radical (unpaired) electrons. The molecule has 3 aromatic carbocycles. The molecule has 3 aromatic rings. The van der Waals surface area contributed by atoms with Crippen molar-refractivity contribution in [3.05, 3.63) is 120 Å². The average molecular weight is 609 g/mol. The number of carbonyl (C=O) groups is 1. The maximum Gasteiger partial charge on any atom is 0.330 e. The van der Waals surface area contributed by atoms with Gasteiger partial charge in [-0.2, -0.15) is 0 Å². The molecular formula is C35H44O5S2. The van der Waals surface area contributed by atoms with Gasteiger partial charge in [0.2, 0.25) is 0 Å². The van der Waals surface area contributed by atoms with Crippen molar-refractivity contribution in [3.63, 3.8) is 0 Å². The molecule has 0 unspecified atom stereocenters. The van der Waals surface area contributed by atoms with E-state index in [0.717, 1.165) is 41.0 Å². The van der Waals surface area contributed by atoms with Gasteiger partial charge in [-0.25, -0.2) is 4.79 Å². The molecule has 3 rings (SSSR count). The van der Waals surface area contributed by atoms with Crippen LogP contribution in [-0.2, 0) is 43.6 Å². The fourth-order valence-corrected chi connectivity index (χ4v) is 6.96. The summed E-state index contributed by atoms with van der Waals surface area (Å²) in [5.41, 5.74) is 3.19. The molecule has 0 aliphatic rings. The number of hydrogen-bond acceptors (Lipinski definition) is 7. The lowest BCUT2D eigenvalue weighted by molar-refractivity contribution is -0.137. The van der Waals surface area contributed by atoms with Gasteiger partial charge in [0, 0.05) is 6.08 Å². The van der Waals surface area contributed by atoms with Crippen molar-refractivity contribution in [2.75, 3.05) is 18.6 Å². The van der Waals surface area contributed by atoms with Gasteiger partial charge in [0.25, 0.3) is 0 Å². The number of methoxy groups -OCH3 is 1. The van der Waals surface area contributed by atoms with E-state index in [9.17, 15) is 4.79 Å². The zero-order valence-corrected chi connectivity index (χ0v) is 26.6. The fraction of sp³-hybridized carbons (Fsp3) is 0.400. The molecule has 7 heteroatoms. The van der Waals surface area contributed by atoms with Crippen molar-refractivity contribution in [3.8, 4) is 0 Å². The van der Waals surface area contributed by atoms with Gasteiger partial charge >= 0.3 is 5.97 Å². The molecule has 0 aliphatic carbocycles. The Balaban J connectivity index is 2.01. The summed E-state index contributed by atoms with van der Waals surface area (Å²) >= 11 is 3.80. The van der Waals surface area contributed by atoms with Crippen LogP contribution in [0.5, 0.6) is 0 Å². The second-order valence-corrected chi connectivity index (χ2v) is 12.6. The van der Waals surface area contributed by atoms with Gasteiger partial charge in [0.05, 0.1) is 31.5 Å². The van der Waals surface area contributed by atoms with E-state index in [4.69, 9.17) is 18.9 Å². The quantitative estimate of drug-likeness (QED) is 0.0730. The van der Waals surface area contributed by atoms with Crippen LogP contribution in [0.3, 0.4) is 0 Å². The number of esters is 1. The molecule has 0 spiro atoms. The molecule has 3 atom stereocenters. The molecule has 0 aromatic heterocycles. The van der Waals surface area contributed by atoms with Crippen LogP contribution in [0.25, 0.3) is 0 Å². The Morgan fingerprint density at radius 1 is 0.667 bits per heavy atom. The molecule has 0 saturated heterocycles. The fourth-order valence-electron chi connectivity index (χ4n) is 4.21. The SMILES string of the molecule is CCCSC(SCCC)[C@H](OCc1ccccc1)[C@H](OCc1ccccc1)[C@@H](/C=C\C(=O)OC)OCc1ccccc1. The zero-order valence-electron chi connectivity index (χ0n) is 24.9. The summed E-state index contributed by atoms with van der Waals surface area (Å²) in [6, 6.07) is 30.4. The second kappa shape index (κ2) is 20.4. The predicted octanol–water partition coefficient (Wildman–Crippen LogP) is 8.08. The molecule has 0 fully saturated rings. The van der Waals surface area contributed by atoms with Gasteiger partial charge in [-0.1, -0.05) is 105 Å². The van der Waals surface area contributed by atoms with Gasteiger partial charge in [-0.15, -0.1) is 23.5 Å². The van der Waals surface area contributed by atoms with Crippen LogP contribution >= 0.6 is 23.5 Å². The summed E-state index contributed by atoms with van der Waals surface area (Å²) in [5.74, 6) is 1.57. The molecule has 0 saturated carbocycles. The lowest BCUT2D eigenvalue weighted by Gasteiger charge is -2.36. The van der Waals surface area contributed by atoms with E-state index in [2.05, 4.69) is 38.1 Å². The summed E-state index contributed by atoms with van der Waals surface area (Å²) in [7, 11) is 1.38. The summed E-state index contributed by atoms with van der Waals surface area (Å²) < 4.78 is 25.1. The van der Waals surface area contributed by atoms with Gasteiger partial charge < -0.3 is 18.9 Å². The van der Waals surface area contributed by atoms with Crippen LogP contribution in [0.4, 0.5) is 0 Å². The number of ether oxygens (including phenoxy) is 4. The second-order valence-electron chi connectivity index (χ2n) is 9.78. The number of hydrogen-bond donors (Lipinski definition) is 0. The smallest absolute Gasteiger partial charge is 0.330 e. The van der Waals surface area contributed by atoms with E-state index < -0.39 is 18.2 Å². The third-order valence-electron chi connectivity index (χ3n) is 6.37. The molecule has 0 amide bonds. The van der Waals surface area contributed by atoms with E-state index in [1.165, 1.54) is 13.2 Å². The van der Waals surface area contributed by atoms with Crippen LogP contribution in [0.1, 0.15) is 43.4 Å². The van der Waals surface area contributed by atoms with E-state index >= 15 is 0 Å². The molecule has 0 aliphatic heterocycles. The minimum absolute atomic E-state index is 0.101. The highest BCUT2D eigenvalue weighted by Crippen LogP contribution is 2.35. The highest BCUT2D eigenvalue weighted by Gasteiger charge is 2.37. The van der Waals surface area contributed by atoms with Crippen molar-refractivity contribution in [2.24, 2.45) is 0 Å². The van der Waals surface area contributed by atoms with Crippen molar-refractivity contribution < 1.29 is 23.7 Å². The van der Waals surface area contributed by atoms with Gasteiger partial charge in [-0.05, 0) is 47.1 Å². The first-order valence-corrected chi connectivity index (χ1v) is 16.7. The first kappa shape index (κ1) is 33.9. The Hall–Kier alpha value is -2.55. The Morgan fingerprint density at radius 3 is 1.52 bits per heavy atom. The minimum atomic E-state index is -0.569. The monoisotopic (exact) mass is 608 g/mol. The standard InChI is InChI=1S/C35H44O5S2/c1-4-23-41-35(42-24-5-2)34(40-27-30-19-13-8-14-20-30)33(39-26-29-17-11-7-12-18-29)31(21-22-32(36)37-3)38-25-28-15-9-6-10-16-28/h6-22,31,33-35H,4-5,23-27H2,1-3H3/b22-21-/t31-,33-,34-/m1/s1. The number of thioether (sulfide) groups is 2. The Labute approximate surface area is 260 Å². The van der Waals surface area contributed by atoms with Gasteiger partial charge in [0.15, 0.2) is 0 Å². The van der Waals surface area contributed by atoms with Crippen LogP contribution in [0.15, 0.2) is 103 Å². The van der Waals surface area contributed by atoms with Crippen molar-refractivity contribution >= 4 is 29.5 Å². The lowest BCUT2D eigenvalue weighted by Crippen LogP contribution is -2.46. The van der Waals surface area contributed by atoms with Crippen LogP contribution in [0.2, 0.25) is 0 Å². The van der Waals surface area contributed by atoms with Crippen LogP contribution in [-0.4, -0.2) is 47.5 Å². The summed E-state index contributed by atoms with van der Waals surface area (Å²) in [6.45, 7) is 5.59. The number of rotatable bonds is 20. The van der Waals surface area contributed by atoms with Gasteiger partial charge in [0.1, 0.15) is 18.3 Å². The molecule has 0 heterocycles. The number of benzene rings is 3. The lowest BCUT2D eigenvalue weighted by atomic mass is 10.1. The zero-order chi connectivity index (χ0) is 29.8. The van der Waals surface area contributed by atoms with E-state index in [-0.39, 0.29) is 10.7 Å². The maximum atomic E-state index is 12.2. The Morgan fingerprint density at radius 2 is 1.10 bits per heavy atom. The van der Waals surface area contributed by atoms with Crippen molar-refractivity contribution in [1.82, 2.24) is 0 Å². The van der Waals surface area contributed by atoms with Gasteiger partial charge in [-0.3, -0.25) is 0 Å². The first-order valence-electron chi connectivity index (χ1n) is 14.6. The molecule has 42 heavy (non-hydrogen) atoms. The summed E-state index contributed by atoms with van der Waals surface area (Å²) in [5, 5.41) is 0. The Bertz CT molecular complexity index is 1140. The van der Waals surface area contributed by atoms with E-state index in [1.54, 1.807) is 6.08 Å². The van der Waals surface area contributed by atoms with Crippen molar-refractivity contribution in [2.45, 2.75) is 69.4 Å². The summed E-state index contributed by atoms with van der Waals surface area (Å²) in [4.78, 5) is 12.2. The summed E-state index contributed by atoms with van der Waals surface area (Å²) in [6.07, 6.45) is 3.91. The Kier molecular flexibility index (Phi) is 16.5. The van der Waals surface area contributed by atoms with E-state index in [0.29, 0.717) is 19.8 Å². The minimum Gasteiger partial charge on any atom is -0.466 e. The molecule has 0 N–H and O–H groups in total. The normalized spacial score (nSPS) is 13.7. The van der Waals surface area contributed by atoms with E-state index in [1.807, 2.05) is 90.3 Å². The van der Waals surface area contributed by atoms with Crippen molar-refractivity contribution in [1.29, 1.82) is 0 Å². The van der Waals surface area contributed by atoms with Crippen LogP contribution in [0, 0.1) is 0 Å². The topological polar surface area (TPSA) is 54.0 Å². The maximum absolute atomic E-state index is 12.2. The highest BCUT2D eigenvalue weighted by atomic mass is 32.2. The van der Waals surface area contributed by atoms with Crippen LogP contribution < -0.4 is 0 Å².